The van der Waals surface area contributed by atoms with Crippen molar-refractivity contribution in [2.75, 3.05) is 26.2 Å². The number of piperazine rings is 1. The number of carbonyl (C=O) groups excluding carboxylic acids is 1. The van der Waals surface area contributed by atoms with Gasteiger partial charge in [0.2, 0.25) is 0 Å². The zero-order valence-corrected chi connectivity index (χ0v) is 10.7. The number of nitrogens with zero attached hydrogens (tertiary/aromatic N) is 3. The number of amides is 3. The van der Waals surface area contributed by atoms with Gasteiger partial charge >= 0.3 is 12.1 Å². The molecule has 2 saturated heterocycles. The van der Waals surface area contributed by atoms with Gasteiger partial charge in [0, 0.05) is 37.3 Å². The highest BCUT2D eigenvalue weighted by Gasteiger charge is 2.71. The quantitative estimate of drug-likeness (QED) is 0.683. The number of hydrogen-bond donors (Lipinski definition) is 2. The molecule has 0 aromatic heterocycles. The minimum atomic E-state index is -0.892. The van der Waals surface area contributed by atoms with Crippen molar-refractivity contribution >= 4 is 12.1 Å². The van der Waals surface area contributed by atoms with Crippen LogP contribution >= 0.6 is 0 Å². The maximum Gasteiger partial charge on any atom is 0.407 e. The molecule has 1 atom stereocenters. The zero-order valence-electron chi connectivity index (χ0n) is 10.7. The second-order valence-electron chi connectivity index (χ2n) is 6.59. The van der Waals surface area contributed by atoms with E-state index < -0.39 is 6.09 Å². The molecule has 3 N–H and O–H groups in total. The van der Waals surface area contributed by atoms with Gasteiger partial charge in [0.25, 0.3) is 0 Å². The fraction of sp³-hybridized carbons (Fsp3) is 0.833. The van der Waals surface area contributed by atoms with Crippen molar-refractivity contribution in [2.45, 2.75) is 36.4 Å². The molecule has 3 amide bonds. The first kappa shape index (κ1) is 11.3. The van der Waals surface area contributed by atoms with Crippen LogP contribution in [0.2, 0.25) is 0 Å². The van der Waals surface area contributed by atoms with Gasteiger partial charge in [-0.1, -0.05) is 0 Å². The van der Waals surface area contributed by atoms with Gasteiger partial charge in [0.15, 0.2) is 0 Å². The van der Waals surface area contributed by atoms with Gasteiger partial charge < -0.3 is 25.5 Å². The molecule has 19 heavy (non-hydrogen) atoms. The first-order valence-corrected chi connectivity index (χ1v) is 6.78. The summed E-state index contributed by atoms with van der Waals surface area (Å²) < 4.78 is 0. The number of nitrogens with two attached hydrogens (primary N) is 1. The molecule has 2 aliphatic heterocycles. The maximum absolute atomic E-state index is 12.4. The molecule has 0 spiro atoms. The van der Waals surface area contributed by atoms with Gasteiger partial charge in [-0.2, -0.15) is 0 Å². The number of carboxylic acid groups (broad SMARTS) is 1. The summed E-state index contributed by atoms with van der Waals surface area (Å²) in [5.41, 5.74) is 6.04. The molecule has 5 rings (SSSR count). The largest absolute Gasteiger partial charge is 0.465 e. The van der Waals surface area contributed by atoms with E-state index in [-0.39, 0.29) is 23.2 Å². The number of hydrogen-bond acceptors (Lipinski definition) is 3. The van der Waals surface area contributed by atoms with Crippen LogP contribution in [-0.4, -0.2) is 75.2 Å². The van der Waals surface area contributed by atoms with Gasteiger partial charge in [-0.25, -0.2) is 9.59 Å². The highest BCUT2D eigenvalue weighted by atomic mass is 16.4. The van der Waals surface area contributed by atoms with Crippen LogP contribution in [0.5, 0.6) is 0 Å². The summed E-state index contributed by atoms with van der Waals surface area (Å²) >= 11 is 0. The molecule has 5 aliphatic rings. The second kappa shape index (κ2) is 3.15. The average molecular weight is 266 g/mol. The van der Waals surface area contributed by atoms with E-state index in [2.05, 4.69) is 0 Å². The molecule has 0 radical (unpaired) electrons. The van der Waals surface area contributed by atoms with Crippen molar-refractivity contribution < 1.29 is 14.7 Å². The van der Waals surface area contributed by atoms with E-state index in [1.54, 1.807) is 0 Å². The monoisotopic (exact) mass is 266 g/mol. The Bertz CT molecular complexity index is 460. The Hall–Kier alpha value is -1.50. The molecule has 7 heteroatoms. The molecular weight excluding hydrogens is 248 g/mol. The molecule has 1 unspecified atom stereocenters. The van der Waals surface area contributed by atoms with E-state index in [4.69, 9.17) is 10.8 Å². The van der Waals surface area contributed by atoms with E-state index in [1.165, 1.54) is 4.90 Å². The Morgan fingerprint density at radius 2 is 1.95 bits per heavy atom. The number of fused-ring (bicyclic) bond motifs is 1. The average Bonchev–Trinajstić information content (AvgIpc) is 2.61. The van der Waals surface area contributed by atoms with Crippen LogP contribution < -0.4 is 5.73 Å². The Kier molecular flexibility index (Phi) is 1.88. The smallest absolute Gasteiger partial charge is 0.407 e. The molecule has 3 aliphatic carbocycles. The van der Waals surface area contributed by atoms with Crippen molar-refractivity contribution in [3.8, 4) is 0 Å². The van der Waals surface area contributed by atoms with Gasteiger partial charge in [-0.15, -0.1) is 0 Å². The molecule has 0 aromatic rings. The summed E-state index contributed by atoms with van der Waals surface area (Å²) in [6.45, 7) is 2.01. The van der Waals surface area contributed by atoms with Crippen LogP contribution in [0.3, 0.4) is 0 Å². The summed E-state index contributed by atoms with van der Waals surface area (Å²) in [5, 5.41) is 9.04. The number of rotatable bonds is 1. The maximum atomic E-state index is 12.4. The predicted octanol–water partition coefficient (Wildman–Crippen LogP) is -0.280. The van der Waals surface area contributed by atoms with Crippen LogP contribution in [0.15, 0.2) is 0 Å². The lowest BCUT2D eigenvalue weighted by Crippen LogP contribution is -2.82. The van der Waals surface area contributed by atoms with Crippen molar-refractivity contribution in [1.82, 2.24) is 14.7 Å². The minimum Gasteiger partial charge on any atom is -0.465 e. The summed E-state index contributed by atoms with van der Waals surface area (Å²) in [7, 11) is 0. The van der Waals surface area contributed by atoms with Gasteiger partial charge in [-0.3, -0.25) is 0 Å². The highest BCUT2D eigenvalue weighted by Crippen LogP contribution is 2.62. The predicted molar refractivity (Wildman–Crippen MR) is 65.7 cm³/mol. The van der Waals surface area contributed by atoms with Crippen LogP contribution in [0.4, 0.5) is 9.59 Å². The summed E-state index contributed by atoms with van der Waals surface area (Å²) in [5.74, 6) is 0. The van der Waals surface area contributed by atoms with Crippen molar-refractivity contribution in [3.63, 3.8) is 0 Å². The SMILES string of the molecule is NC12CC(N3CC4CN(C(=O)O)CCN4C3=O)(C1)C2. The normalized spacial score (nSPS) is 43.7. The van der Waals surface area contributed by atoms with E-state index in [1.807, 2.05) is 9.80 Å². The van der Waals surface area contributed by atoms with E-state index >= 15 is 0 Å². The topological polar surface area (TPSA) is 90.1 Å². The summed E-state index contributed by atoms with van der Waals surface area (Å²) in [4.78, 5) is 28.6. The van der Waals surface area contributed by atoms with E-state index in [0.29, 0.717) is 26.2 Å². The number of urea groups is 1. The van der Waals surface area contributed by atoms with Crippen LogP contribution in [-0.2, 0) is 0 Å². The first-order chi connectivity index (χ1) is 8.92. The zero-order chi connectivity index (χ0) is 13.4. The third kappa shape index (κ3) is 1.31. The lowest BCUT2D eigenvalue weighted by atomic mass is 9.44. The fourth-order valence-electron chi connectivity index (χ4n) is 4.37. The lowest BCUT2D eigenvalue weighted by molar-refractivity contribution is -0.136. The molecule has 5 fully saturated rings. The molecule has 104 valence electrons. The fourth-order valence-corrected chi connectivity index (χ4v) is 4.37. The lowest BCUT2D eigenvalue weighted by Gasteiger charge is -2.71. The molecular formula is C12H18N4O3. The molecule has 2 heterocycles. The Morgan fingerprint density at radius 1 is 1.26 bits per heavy atom. The summed E-state index contributed by atoms with van der Waals surface area (Å²) in [6.07, 6.45) is 1.84. The third-order valence-corrected chi connectivity index (χ3v) is 5.24. The van der Waals surface area contributed by atoms with Crippen molar-refractivity contribution in [1.29, 1.82) is 0 Å². The molecule has 3 saturated carbocycles. The third-order valence-electron chi connectivity index (χ3n) is 5.24. The van der Waals surface area contributed by atoms with Crippen molar-refractivity contribution in [2.24, 2.45) is 5.73 Å². The number of carbonyl (C=O) groups is 2. The van der Waals surface area contributed by atoms with Crippen LogP contribution in [0, 0.1) is 0 Å². The Balaban J connectivity index is 1.50. The minimum absolute atomic E-state index is 0.00275. The van der Waals surface area contributed by atoms with Crippen LogP contribution in [0.25, 0.3) is 0 Å². The second-order valence-corrected chi connectivity index (χ2v) is 6.59. The Morgan fingerprint density at radius 3 is 2.53 bits per heavy atom. The van der Waals surface area contributed by atoms with Gasteiger partial charge in [0.05, 0.1) is 6.04 Å². The van der Waals surface area contributed by atoms with Gasteiger partial charge in [0.1, 0.15) is 0 Å². The van der Waals surface area contributed by atoms with Crippen molar-refractivity contribution in [3.05, 3.63) is 0 Å². The summed E-state index contributed by atoms with van der Waals surface area (Å²) in [6, 6.07) is 0.0943. The molecule has 2 bridgehead atoms. The van der Waals surface area contributed by atoms with E-state index in [9.17, 15) is 9.59 Å². The van der Waals surface area contributed by atoms with Crippen LogP contribution in [0.1, 0.15) is 19.3 Å². The highest BCUT2D eigenvalue weighted by molar-refractivity contribution is 5.80. The molecule has 0 aromatic carbocycles. The standard InChI is InChI=1S/C12H18N4O3/c13-11-5-12(6-11,7-11)16-4-8-3-14(10(18)19)1-2-15(8)9(16)17/h8H,1-7,13H2,(H,18,19). The van der Waals surface area contributed by atoms with Gasteiger partial charge in [-0.05, 0) is 19.3 Å². The first-order valence-electron chi connectivity index (χ1n) is 6.78. The molecule has 7 nitrogen and oxygen atoms in total. The Labute approximate surface area is 110 Å². The van der Waals surface area contributed by atoms with E-state index in [0.717, 1.165) is 19.3 Å².